The lowest BCUT2D eigenvalue weighted by molar-refractivity contribution is 0.523. The number of hydrogen-bond donors (Lipinski definition) is 1. The highest BCUT2D eigenvalue weighted by Gasteiger charge is 2.16. The summed E-state index contributed by atoms with van der Waals surface area (Å²) in [6, 6.07) is 4.08. The number of aromatic nitrogens is 4. The molecule has 0 radical (unpaired) electrons. The van der Waals surface area contributed by atoms with Gasteiger partial charge in [0.1, 0.15) is 0 Å². The molecule has 2 aromatic heterocycles. The summed E-state index contributed by atoms with van der Waals surface area (Å²) in [4.78, 5) is 4.15. The molecule has 0 saturated heterocycles. The van der Waals surface area contributed by atoms with Crippen molar-refractivity contribution in [2.24, 2.45) is 0 Å². The lowest BCUT2D eigenvalue weighted by Gasteiger charge is -2.16. The number of rotatable bonds is 5. The summed E-state index contributed by atoms with van der Waals surface area (Å²) in [7, 11) is 1.93. The molecule has 1 N–H and O–H groups in total. The first-order valence-electron chi connectivity index (χ1n) is 5.82. The Morgan fingerprint density at radius 2 is 2.29 bits per heavy atom. The van der Waals surface area contributed by atoms with Crippen LogP contribution in [0.2, 0.25) is 0 Å². The molecule has 2 heterocycles. The van der Waals surface area contributed by atoms with Crippen LogP contribution in [0.4, 0.5) is 0 Å². The van der Waals surface area contributed by atoms with Crippen molar-refractivity contribution in [3.63, 3.8) is 0 Å². The molecule has 5 heteroatoms. The molecule has 1 unspecified atom stereocenters. The Morgan fingerprint density at radius 1 is 1.41 bits per heavy atom. The number of hydrogen-bond acceptors (Lipinski definition) is 4. The summed E-state index contributed by atoms with van der Waals surface area (Å²) in [5, 5.41) is 11.4. The molecule has 1 atom stereocenters. The van der Waals surface area contributed by atoms with E-state index in [1.165, 1.54) is 0 Å². The molecular weight excluding hydrogens is 214 g/mol. The zero-order chi connectivity index (χ0) is 12.1. The van der Waals surface area contributed by atoms with Crippen molar-refractivity contribution in [1.29, 1.82) is 0 Å². The summed E-state index contributed by atoms with van der Waals surface area (Å²) in [5.41, 5.74) is 2.19. The Hall–Kier alpha value is -1.75. The van der Waals surface area contributed by atoms with Crippen LogP contribution >= 0.6 is 0 Å². The summed E-state index contributed by atoms with van der Waals surface area (Å²) in [6.07, 6.45) is 6.49. The molecule has 5 nitrogen and oxygen atoms in total. The van der Waals surface area contributed by atoms with Crippen molar-refractivity contribution in [2.45, 2.75) is 25.9 Å². The SMILES string of the molecule is CCCn1nncc1C(NC)c1cccnc1. The van der Waals surface area contributed by atoms with Gasteiger partial charge in [0.05, 0.1) is 17.9 Å². The molecular formula is C12H17N5. The predicted octanol–water partition coefficient (Wildman–Crippen LogP) is 1.39. The zero-order valence-corrected chi connectivity index (χ0v) is 10.2. The quantitative estimate of drug-likeness (QED) is 0.845. The van der Waals surface area contributed by atoms with Crippen molar-refractivity contribution < 1.29 is 0 Å². The predicted molar refractivity (Wildman–Crippen MR) is 65.5 cm³/mol. The smallest absolute Gasteiger partial charge is 0.0802 e. The van der Waals surface area contributed by atoms with Crippen LogP contribution in [-0.2, 0) is 6.54 Å². The van der Waals surface area contributed by atoms with Gasteiger partial charge in [0, 0.05) is 18.9 Å². The minimum atomic E-state index is 0.0882. The number of nitrogens with zero attached hydrogens (tertiary/aromatic N) is 4. The van der Waals surface area contributed by atoms with Gasteiger partial charge in [-0.15, -0.1) is 5.10 Å². The van der Waals surface area contributed by atoms with Crippen LogP contribution in [0, 0.1) is 0 Å². The first kappa shape index (κ1) is 11.7. The van der Waals surface area contributed by atoms with E-state index in [1.54, 1.807) is 6.20 Å². The third kappa shape index (κ3) is 2.50. The number of nitrogens with one attached hydrogen (secondary N) is 1. The summed E-state index contributed by atoms with van der Waals surface area (Å²) >= 11 is 0. The molecule has 0 aliphatic heterocycles. The van der Waals surface area contributed by atoms with Crippen molar-refractivity contribution in [2.75, 3.05) is 7.05 Å². The van der Waals surface area contributed by atoms with Crippen molar-refractivity contribution in [3.05, 3.63) is 42.0 Å². The van der Waals surface area contributed by atoms with Crippen LogP contribution < -0.4 is 5.32 Å². The number of pyridine rings is 1. The van der Waals surface area contributed by atoms with Gasteiger partial charge in [-0.25, -0.2) is 4.68 Å². The fourth-order valence-corrected chi connectivity index (χ4v) is 1.91. The van der Waals surface area contributed by atoms with Gasteiger partial charge in [-0.2, -0.15) is 0 Å². The Kier molecular flexibility index (Phi) is 3.82. The zero-order valence-electron chi connectivity index (χ0n) is 10.2. The van der Waals surface area contributed by atoms with Crippen molar-refractivity contribution in [3.8, 4) is 0 Å². The Balaban J connectivity index is 2.32. The second kappa shape index (κ2) is 5.54. The van der Waals surface area contributed by atoms with Gasteiger partial charge in [-0.3, -0.25) is 4.98 Å². The van der Waals surface area contributed by atoms with E-state index in [1.807, 2.05) is 30.2 Å². The Bertz CT molecular complexity index is 451. The van der Waals surface area contributed by atoms with Crippen LogP contribution in [0.25, 0.3) is 0 Å². The molecule has 0 aromatic carbocycles. The summed E-state index contributed by atoms with van der Waals surface area (Å²) in [6.45, 7) is 3.01. The Labute approximate surface area is 101 Å². The maximum absolute atomic E-state index is 4.15. The second-order valence-electron chi connectivity index (χ2n) is 3.89. The summed E-state index contributed by atoms with van der Waals surface area (Å²) in [5.74, 6) is 0. The fourth-order valence-electron chi connectivity index (χ4n) is 1.91. The molecule has 0 bridgehead atoms. The van der Waals surface area contributed by atoms with Gasteiger partial charge in [0.15, 0.2) is 0 Å². The standard InChI is InChI=1S/C12H17N5/c1-3-7-17-11(9-15-16-17)12(13-2)10-5-4-6-14-8-10/h4-6,8-9,12-13H,3,7H2,1-2H3. The first-order valence-corrected chi connectivity index (χ1v) is 5.82. The van der Waals surface area contributed by atoms with Crippen molar-refractivity contribution in [1.82, 2.24) is 25.3 Å². The molecule has 0 amide bonds. The van der Waals surface area contributed by atoms with E-state index in [0.29, 0.717) is 0 Å². The highest BCUT2D eigenvalue weighted by molar-refractivity contribution is 5.23. The van der Waals surface area contributed by atoms with Crippen LogP contribution in [0.15, 0.2) is 30.7 Å². The van der Waals surface area contributed by atoms with Gasteiger partial charge in [0.25, 0.3) is 0 Å². The van der Waals surface area contributed by atoms with Gasteiger partial charge < -0.3 is 5.32 Å². The summed E-state index contributed by atoms with van der Waals surface area (Å²) < 4.78 is 1.94. The van der Waals surface area contributed by atoms with Crippen LogP contribution in [-0.4, -0.2) is 27.0 Å². The fraction of sp³-hybridized carbons (Fsp3) is 0.417. The van der Waals surface area contributed by atoms with Crippen LogP contribution in [0.1, 0.15) is 30.6 Å². The second-order valence-corrected chi connectivity index (χ2v) is 3.89. The van der Waals surface area contributed by atoms with E-state index in [2.05, 4.69) is 33.6 Å². The lowest BCUT2D eigenvalue weighted by Crippen LogP contribution is -2.21. The van der Waals surface area contributed by atoms with E-state index in [4.69, 9.17) is 0 Å². The normalized spacial score (nSPS) is 12.6. The minimum absolute atomic E-state index is 0.0882. The molecule has 2 rings (SSSR count). The lowest BCUT2D eigenvalue weighted by atomic mass is 10.1. The van der Waals surface area contributed by atoms with E-state index in [9.17, 15) is 0 Å². The largest absolute Gasteiger partial charge is 0.308 e. The van der Waals surface area contributed by atoms with Crippen LogP contribution in [0.5, 0.6) is 0 Å². The van der Waals surface area contributed by atoms with Gasteiger partial charge in [-0.05, 0) is 25.1 Å². The minimum Gasteiger partial charge on any atom is -0.308 e. The number of aryl methyl sites for hydroxylation is 1. The first-order chi connectivity index (χ1) is 8.36. The molecule has 0 saturated carbocycles. The molecule has 90 valence electrons. The molecule has 2 aromatic rings. The highest BCUT2D eigenvalue weighted by atomic mass is 15.4. The molecule has 17 heavy (non-hydrogen) atoms. The van der Waals surface area contributed by atoms with Crippen molar-refractivity contribution >= 4 is 0 Å². The third-order valence-corrected chi connectivity index (χ3v) is 2.69. The van der Waals surface area contributed by atoms with E-state index in [-0.39, 0.29) is 6.04 Å². The van der Waals surface area contributed by atoms with E-state index in [0.717, 1.165) is 24.2 Å². The molecule has 0 aliphatic carbocycles. The third-order valence-electron chi connectivity index (χ3n) is 2.69. The monoisotopic (exact) mass is 231 g/mol. The molecule has 0 fully saturated rings. The highest BCUT2D eigenvalue weighted by Crippen LogP contribution is 2.19. The molecule has 0 aliphatic rings. The van der Waals surface area contributed by atoms with E-state index < -0.39 is 0 Å². The van der Waals surface area contributed by atoms with Gasteiger partial charge in [-0.1, -0.05) is 18.2 Å². The Morgan fingerprint density at radius 3 is 2.94 bits per heavy atom. The van der Waals surface area contributed by atoms with Crippen LogP contribution in [0.3, 0.4) is 0 Å². The average molecular weight is 231 g/mol. The molecule has 0 spiro atoms. The average Bonchev–Trinajstić information content (AvgIpc) is 2.81. The maximum Gasteiger partial charge on any atom is 0.0802 e. The maximum atomic E-state index is 4.15. The topological polar surface area (TPSA) is 55.6 Å². The van der Waals surface area contributed by atoms with Gasteiger partial charge >= 0.3 is 0 Å². The van der Waals surface area contributed by atoms with Gasteiger partial charge in [0.2, 0.25) is 0 Å². The van der Waals surface area contributed by atoms with E-state index >= 15 is 0 Å².